The molecular weight excluding hydrogens is 268 g/mol. The smallest absolute Gasteiger partial charge is 0.296 e. The largest absolute Gasteiger partial charge is 0.351 e. The van der Waals surface area contributed by atoms with Gasteiger partial charge in [-0.25, -0.2) is 0 Å². The molecule has 1 aliphatic carbocycles. The van der Waals surface area contributed by atoms with Gasteiger partial charge in [0.05, 0.1) is 5.69 Å². The molecule has 1 amide bonds. The zero-order chi connectivity index (χ0) is 14.6. The Balaban J connectivity index is 1.79. The second-order valence-electron chi connectivity index (χ2n) is 5.65. The van der Waals surface area contributed by atoms with Crippen molar-refractivity contribution < 1.29 is 14.1 Å². The van der Waals surface area contributed by atoms with Gasteiger partial charge in [-0.2, -0.15) is 0 Å². The summed E-state index contributed by atoms with van der Waals surface area (Å²) in [7, 11) is 0. The predicted octanol–water partition coefficient (Wildman–Crippen LogP) is 2.70. The second-order valence-corrected chi connectivity index (χ2v) is 5.65. The molecule has 1 atom stereocenters. The minimum atomic E-state index is -0.189. The minimum absolute atomic E-state index is 0.174. The maximum atomic E-state index is 12.6. The Bertz CT molecular complexity index is 763. The Kier molecular flexibility index (Phi) is 2.51. The number of hydrogen-bond acceptors (Lipinski definition) is 4. The van der Waals surface area contributed by atoms with Crippen LogP contribution in [0.4, 0.5) is 5.69 Å². The quantitative estimate of drug-likeness (QED) is 0.806. The van der Waals surface area contributed by atoms with Gasteiger partial charge in [-0.1, -0.05) is 17.3 Å². The standard InChI is InChI=1S/C16H14N2O3/c1-9-7-14(21-17-9)16(20)18-8-10-5-6-13(19)11-3-2-4-12(18)15(10)11/h2-4,7,10H,5-6,8H2,1H3. The van der Waals surface area contributed by atoms with Crippen LogP contribution in [0.25, 0.3) is 0 Å². The number of aryl methyl sites for hydroxylation is 1. The summed E-state index contributed by atoms with van der Waals surface area (Å²) in [5.74, 6) is 0.482. The van der Waals surface area contributed by atoms with Crippen molar-refractivity contribution in [3.8, 4) is 0 Å². The Morgan fingerprint density at radius 3 is 3.05 bits per heavy atom. The molecular formula is C16H14N2O3. The molecule has 0 spiro atoms. The number of carbonyl (C=O) groups is 2. The first-order chi connectivity index (χ1) is 10.1. The van der Waals surface area contributed by atoms with Crippen LogP contribution < -0.4 is 4.90 Å². The molecule has 2 aliphatic rings. The number of ketones is 1. The van der Waals surface area contributed by atoms with E-state index in [2.05, 4.69) is 5.16 Å². The Morgan fingerprint density at radius 2 is 2.29 bits per heavy atom. The molecule has 106 valence electrons. The van der Waals surface area contributed by atoms with E-state index in [1.807, 2.05) is 18.2 Å². The van der Waals surface area contributed by atoms with Gasteiger partial charge in [0.2, 0.25) is 5.76 Å². The SMILES string of the molecule is Cc1cc(C(=O)N2CC3CCC(=O)c4cccc2c43)on1. The fourth-order valence-electron chi connectivity index (χ4n) is 3.34. The fourth-order valence-corrected chi connectivity index (χ4v) is 3.34. The molecule has 5 nitrogen and oxygen atoms in total. The highest BCUT2D eigenvalue weighted by atomic mass is 16.5. The van der Waals surface area contributed by atoms with Gasteiger partial charge in [-0.3, -0.25) is 9.59 Å². The van der Waals surface area contributed by atoms with Crippen molar-refractivity contribution in [3.05, 3.63) is 46.8 Å². The number of hydrogen-bond donors (Lipinski definition) is 0. The molecule has 1 aromatic heterocycles. The predicted molar refractivity (Wildman–Crippen MR) is 75.7 cm³/mol. The number of rotatable bonds is 1. The van der Waals surface area contributed by atoms with Crippen molar-refractivity contribution in [2.24, 2.45) is 0 Å². The highest BCUT2D eigenvalue weighted by molar-refractivity contribution is 6.08. The van der Waals surface area contributed by atoms with Crippen molar-refractivity contribution in [3.63, 3.8) is 0 Å². The molecule has 0 saturated heterocycles. The number of benzene rings is 1. The first kappa shape index (κ1) is 12.3. The van der Waals surface area contributed by atoms with Crippen LogP contribution in [-0.4, -0.2) is 23.4 Å². The van der Waals surface area contributed by atoms with Crippen LogP contribution in [0.15, 0.2) is 28.8 Å². The Labute approximate surface area is 121 Å². The lowest BCUT2D eigenvalue weighted by atomic mass is 9.83. The van der Waals surface area contributed by atoms with Gasteiger partial charge in [0, 0.05) is 36.2 Å². The number of aromatic nitrogens is 1. The van der Waals surface area contributed by atoms with Crippen molar-refractivity contribution in [2.45, 2.75) is 25.7 Å². The van der Waals surface area contributed by atoms with E-state index in [0.29, 0.717) is 18.7 Å². The van der Waals surface area contributed by atoms with Gasteiger partial charge in [0.25, 0.3) is 5.91 Å². The zero-order valence-corrected chi connectivity index (χ0v) is 11.6. The lowest BCUT2D eigenvalue weighted by Gasteiger charge is -2.18. The van der Waals surface area contributed by atoms with Crippen LogP contribution in [0, 0.1) is 6.92 Å². The normalized spacial score (nSPS) is 19.8. The second kappa shape index (κ2) is 4.28. The topological polar surface area (TPSA) is 63.4 Å². The third-order valence-electron chi connectivity index (χ3n) is 4.29. The average molecular weight is 282 g/mol. The third-order valence-corrected chi connectivity index (χ3v) is 4.29. The minimum Gasteiger partial charge on any atom is -0.351 e. The summed E-state index contributed by atoms with van der Waals surface area (Å²) in [6.07, 6.45) is 1.37. The number of Topliss-reactive ketones (excluding diaryl/α,β-unsaturated/α-hetero) is 1. The summed E-state index contributed by atoms with van der Waals surface area (Å²) in [6, 6.07) is 7.24. The number of amides is 1. The Hall–Kier alpha value is -2.43. The fraction of sp³-hybridized carbons (Fsp3) is 0.312. The number of nitrogens with zero attached hydrogens (tertiary/aromatic N) is 2. The van der Waals surface area contributed by atoms with E-state index in [-0.39, 0.29) is 23.4 Å². The van der Waals surface area contributed by atoms with E-state index in [9.17, 15) is 9.59 Å². The van der Waals surface area contributed by atoms with Crippen molar-refractivity contribution in [1.82, 2.24) is 5.16 Å². The van der Waals surface area contributed by atoms with Crippen LogP contribution in [0.3, 0.4) is 0 Å². The van der Waals surface area contributed by atoms with Gasteiger partial charge in [0.1, 0.15) is 0 Å². The van der Waals surface area contributed by atoms with Crippen LogP contribution in [0.1, 0.15) is 50.9 Å². The van der Waals surface area contributed by atoms with E-state index in [1.54, 1.807) is 17.9 Å². The lowest BCUT2D eigenvalue weighted by molar-refractivity contribution is 0.0952. The maximum Gasteiger partial charge on any atom is 0.296 e. The molecule has 1 aliphatic heterocycles. The molecule has 2 aromatic rings. The van der Waals surface area contributed by atoms with Crippen LogP contribution in [0.2, 0.25) is 0 Å². The number of carbonyl (C=O) groups excluding carboxylic acids is 2. The third kappa shape index (κ3) is 1.73. The van der Waals surface area contributed by atoms with Crippen molar-refractivity contribution >= 4 is 17.4 Å². The van der Waals surface area contributed by atoms with E-state index < -0.39 is 0 Å². The monoisotopic (exact) mass is 282 g/mol. The first-order valence-corrected chi connectivity index (χ1v) is 7.06. The van der Waals surface area contributed by atoms with Gasteiger partial charge < -0.3 is 9.42 Å². The summed E-state index contributed by atoms with van der Waals surface area (Å²) < 4.78 is 5.08. The summed E-state index contributed by atoms with van der Waals surface area (Å²) in [6.45, 7) is 2.39. The highest BCUT2D eigenvalue weighted by Crippen LogP contribution is 2.44. The van der Waals surface area contributed by atoms with Gasteiger partial charge >= 0.3 is 0 Å². The van der Waals surface area contributed by atoms with E-state index in [1.165, 1.54) is 0 Å². The van der Waals surface area contributed by atoms with Crippen LogP contribution >= 0.6 is 0 Å². The summed E-state index contributed by atoms with van der Waals surface area (Å²) >= 11 is 0. The molecule has 5 heteroatoms. The molecule has 21 heavy (non-hydrogen) atoms. The number of anilines is 1. The molecule has 0 bridgehead atoms. The highest BCUT2D eigenvalue weighted by Gasteiger charge is 2.39. The zero-order valence-electron chi connectivity index (χ0n) is 11.6. The summed E-state index contributed by atoms with van der Waals surface area (Å²) in [4.78, 5) is 26.3. The Morgan fingerprint density at radius 1 is 1.43 bits per heavy atom. The summed E-state index contributed by atoms with van der Waals surface area (Å²) in [5.41, 5.74) is 3.32. The molecule has 2 heterocycles. The maximum absolute atomic E-state index is 12.6. The average Bonchev–Trinajstić information content (AvgIpc) is 3.08. The van der Waals surface area contributed by atoms with Gasteiger partial charge in [-0.15, -0.1) is 0 Å². The molecule has 0 fully saturated rings. The first-order valence-electron chi connectivity index (χ1n) is 7.06. The molecule has 0 saturated carbocycles. The molecule has 0 N–H and O–H groups in total. The molecule has 4 rings (SSSR count). The van der Waals surface area contributed by atoms with Crippen molar-refractivity contribution in [2.75, 3.05) is 11.4 Å². The van der Waals surface area contributed by atoms with Crippen molar-refractivity contribution in [1.29, 1.82) is 0 Å². The van der Waals surface area contributed by atoms with Crippen LogP contribution in [-0.2, 0) is 0 Å². The van der Waals surface area contributed by atoms with E-state index in [4.69, 9.17) is 4.52 Å². The van der Waals surface area contributed by atoms with Gasteiger partial charge in [-0.05, 0) is 25.0 Å². The van der Waals surface area contributed by atoms with Gasteiger partial charge in [0.15, 0.2) is 5.78 Å². The lowest BCUT2D eigenvalue weighted by Crippen LogP contribution is -2.29. The molecule has 0 radical (unpaired) electrons. The van der Waals surface area contributed by atoms with E-state index in [0.717, 1.165) is 23.2 Å². The van der Waals surface area contributed by atoms with Crippen LogP contribution in [0.5, 0.6) is 0 Å². The van der Waals surface area contributed by atoms with E-state index >= 15 is 0 Å². The summed E-state index contributed by atoms with van der Waals surface area (Å²) in [5, 5.41) is 3.77. The molecule has 1 aromatic carbocycles. The molecule has 1 unspecified atom stereocenters.